The van der Waals surface area contributed by atoms with Gasteiger partial charge in [0.15, 0.2) is 0 Å². The Morgan fingerprint density at radius 3 is 2.68 bits per heavy atom. The second kappa shape index (κ2) is 6.02. The molecule has 5 heteroatoms. The van der Waals surface area contributed by atoms with Gasteiger partial charge in [0.1, 0.15) is 5.69 Å². The lowest BCUT2D eigenvalue weighted by Crippen LogP contribution is -2.45. The Hall–Kier alpha value is -1.62. The average Bonchev–Trinajstić information content (AvgIpc) is 2.46. The second-order valence-electron chi connectivity index (χ2n) is 5.01. The van der Waals surface area contributed by atoms with Gasteiger partial charge in [-0.15, -0.1) is 0 Å². The van der Waals surface area contributed by atoms with Crippen molar-refractivity contribution in [3.05, 3.63) is 34.2 Å². The van der Waals surface area contributed by atoms with Crippen LogP contribution in [0.15, 0.2) is 23.0 Å². The van der Waals surface area contributed by atoms with Gasteiger partial charge < -0.3 is 14.8 Å². The highest BCUT2D eigenvalue weighted by Gasteiger charge is 2.25. The molecule has 0 unspecified atom stereocenters. The summed E-state index contributed by atoms with van der Waals surface area (Å²) in [4.78, 5) is 30.3. The third kappa shape index (κ3) is 3.23. The summed E-state index contributed by atoms with van der Waals surface area (Å²) in [7, 11) is 1.82. The molecule has 1 aliphatic heterocycles. The maximum atomic E-state index is 12.3. The zero-order valence-corrected chi connectivity index (χ0v) is 11.6. The standard InChI is InChI=1S/C14H21N3O2/c1-3-17-9-7-11(8-10-17)16(2)14(19)12-5-4-6-13(18)15-12/h4-6,11H,3,7-10H2,1-2H3,(H,15,18). The first-order valence-corrected chi connectivity index (χ1v) is 6.80. The fourth-order valence-corrected chi connectivity index (χ4v) is 2.55. The van der Waals surface area contributed by atoms with Gasteiger partial charge in [-0.1, -0.05) is 13.0 Å². The van der Waals surface area contributed by atoms with Crippen LogP contribution in [0.4, 0.5) is 0 Å². The van der Waals surface area contributed by atoms with E-state index in [-0.39, 0.29) is 17.5 Å². The number of rotatable bonds is 3. The summed E-state index contributed by atoms with van der Waals surface area (Å²) in [6.07, 6.45) is 1.99. The van der Waals surface area contributed by atoms with E-state index in [2.05, 4.69) is 16.8 Å². The van der Waals surface area contributed by atoms with E-state index in [0.717, 1.165) is 32.5 Å². The molecule has 0 spiro atoms. The molecular formula is C14H21N3O2. The van der Waals surface area contributed by atoms with Crippen molar-refractivity contribution in [2.24, 2.45) is 0 Å². The zero-order valence-electron chi connectivity index (χ0n) is 11.6. The summed E-state index contributed by atoms with van der Waals surface area (Å²) in [5.41, 5.74) is 0.132. The lowest BCUT2D eigenvalue weighted by atomic mass is 10.0. The predicted molar refractivity (Wildman–Crippen MR) is 74.3 cm³/mol. The number of pyridine rings is 1. The van der Waals surface area contributed by atoms with Crippen LogP contribution in [0.3, 0.4) is 0 Å². The Bertz CT molecular complexity index is 489. The normalized spacial score (nSPS) is 17.4. The number of aromatic amines is 1. The molecule has 1 amide bonds. The minimum atomic E-state index is -0.236. The molecule has 19 heavy (non-hydrogen) atoms. The first-order chi connectivity index (χ1) is 9.11. The van der Waals surface area contributed by atoms with E-state index < -0.39 is 0 Å². The number of likely N-dealkylation sites (tertiary alicyclic amines) is 1. The molecule has 0 saturated carbocycles. The molecule has 0 aliphatic carbocycles. The van der Waals surface area contributed by atoms with Gasteiger partial charge in [-0.25, -0.2) is 0 Å². The number of nitrogens with one attached hydrogen (secondary N) is 1. The zero-order chi connectivity index (χ0) is 13.8. The van der Waals surface area contributed by atoms with Gasteiger partial charge in [0.2, 0.25) is 5.56 Å². The number of carbonyl (C=O) groups excluding carboxylic acids is 1. The summed E-state index contributed by atoms with van der Waals surface area (Å²) in [5, 5.41) is 0. The minimum absolute atomic E-state index is 0.104. The fourth-order valence-electron chi connectivity index (χ4n) is 2.55. The number of nitrogens with zero attached hydrogens (tertiary/aromatic N) is 2. The number of carbonyl (C=O) groups is 1. The molecule has 1 fully saturated rings. The van der Waals surface area contributed by atoms with Crippen molar-refractivity contribution in [3.63, 3.8) is 0 Å². The van der Waals surface area contributed by atoms with Crippen LogP contribution in [-0.4, -0.2) is 53.4 Å². The highest BCUT2D eigenvalue weighted by Crippen LogP contribution is 2.16. The Kier molecular flexibility index (Phi) is 4.37. The van der Waals surface area contributed by atoms with E-state index >= 15 is 0 Å². The molecule has 1 saturated heterocycles. The van der Waals surface area contributed by atoms with Crippen molar-refractivity contribution in [3.8, 4) is 0 Å². The second-order valence-corrected chi connectivity index (χ2v) is 5.01. The third-order valence-corrected chi connectivity index (χ3v) is 3.87. The maximum absolute atomic E-state index is 12.3. The SMILES string of the molecule is CCN1CCC(N(C)C(=O)c2cccc(=O)[nH]2)CC1. The molecule has 2 rings (SSSR count). The molecule has 5 nitrogen and oxygen atoms in total. The molecule has 0 radical (unpaired) electrons. The summed E-state index contributed by atoms with van der Waals surface area (Å²) >= 11 is 0. The van der Waals surface area contributed by atoms with Crippen LogP contribution < -0.4 is 5.56 Å². The van der Waals surface area contributed by atoms with Crippen LogP contribution in [0.2, 0.25) is 0 Å². The largest absolute Gasteiger partial charge is 0.337 e. The molecule has 0 atom stereocenters. The van der Waals surface area contributed by atoms with Crippen molar-refractivity contribution >= 4 is 5.91 Å². The number of hydrogen-bond acceptors (Lipinski definition) is 3. The Labute approximate surface area is 113 Å². The van der Waals surface area contributed by atoms with Gasteiger partial charge in [0.05, 0.1) is 0 Å². The van der Waals surface area contributed by atoms with Crippen LogP contribution in [0, 0.1) is 0 Å². The van der Waals surface area contributed by atoms with Crippen LogP contribution in [-0.2, 0) is 0 Å². The molecule has 1 aromatic rings. The molecule has 0 aromatic carbocycles. The number of hydrogen-bond donors (Lipinski definition) is 1. The lowest BCUT2D eigenvalue weighted by Gasteiger charge is -2.36. The lowest BCUT2D eigenvalue weighted by molar-refractivity contribution is 0.0641. The van der Waals surface area contributed by atoms with Gasteiger partial charge in [-0.2, -0.15) is 0 Å². The van der Waals surface area contributed by atoms with E-state index in [4.69, 9.17) is 0 Å². The molecule has 0 bridgehead atoms. The van der Waals surface area contributed by atoms with Crippen molar-refractivity contribution in [1.82, 2.24) is 14.8 Å². The van der Waals surface area contributed by atoms with Gasteiger partial charge in [0.25, 0.3) is 5.91 Å². The number of amides is 1. The summed E-state index contributed by atoms with van der Waals surface area (Å²) in [6, 6.07) is 4.94. The number of H-pyrrole nitrogens is 1. The molecular weight excluding hydrogens is 242 g/mol. The molecule has 104 valence electrons. The highest BCUT2D eigenvalue weighted by atomic mass is 16.2. The Balaban J connectivity index is 2.02. The van der Waals surface area contributed by atoms with E-state index in [0.29, 0.717) is 5.69 Å². The fraction of sp³-hybridized carbons (Fsp3) is 0.571. The van der Waals surface area contributed by atoms with E-state index in [1.54, 1.807) is 17.0 Å². The van der Waals surface area contributed by atoms with E-state index in [1.807, 2.05) is 7.05 Å². The highest BCUT2D eigenvalue weighted by molar-refractivity contribution is 5.92. The van der Waals surface area contributed by atoms with Crippen LogP contribution in [0.1, 0.15) is 30.3 Å². The Morgan fingerprint density at radius 1 is 1.42 bits per heavy atom. The minimum Gasteiger partial charge on any atom is -0.337 e. The van der Waals surface area contributed by atoms with Crippen LogP contribution in [0.5, 0.6) is 0 Å². The van der Waals surface area contributed by atoms with Gasteiger partial charge >= 0.3 is 0 Å². The molecule has 2 heterocycles. The van der Waals surface area contributed by atoms with E-state index in [1.165, 1.54) is 6.07 Å². The van der Waals surface area contributed by atoms with Crippen LogP contribution >= 0.6 is 0 Å². The van der Waals surface area contributed by atoms with Crippen LogP contribution in [0.25, 0.3) is 0 Å². The van der Waals surface area contributed by atoms with E-state index in [9.17, 15) is 9.59 Å². The Morgan fingerprint density at radius 2 is 2.11 bits per heavy atom. The smallest absolute Gasteiger partial charge is 0.270 e. The van der Waals surface area contributed by atoms with Crippen molar-refractivity contribution in [2.45, 2.75) is 25.8 Å². The first-order valence-electron chi connectivity index (χ1n) is 6.80. The average molecular weight is 263 g/mol. The first kappa shape index (κ1) is 13.8. The monoisotopic (exact) mass is 263 g/mol. The number of piperidine rings is 1. The van der Waals surface area contributed by atoms with Crippen molar-refractivity contribution in [2.75, 3.05) is 26.7 Å². The van der Waals surface area contributed by atoms with Gasteiger partial charge in [0, 0.05) is 32.2 Å². The summed E-state index contributed by atoms with van der Waals surface area (Å²) < 4.78 is 0. The maximum Gasteiger partial charge on any atom is 0.270 e. The summed E-state index contributed by atoms with van der Waals surface area (Å²) in [6.45, 7) is 5.29. The van der Waals surface area contributed by atoms with Crippen molar-refractivity contribution < 1.29 is 4.79 Å². The molecule has 1 N–H and O–H groups in total. The molecule has 1 aromatic heterocycles. The van der Waals surface area contributed by atoms with Gasteiger partial charge in [-0.3, -0.25) is 9.59 Å². The quantitative estimate of drug-likeness (QED) is 0.882. The number of aromatic nitrogens is 1. The predicted octanol–water partition coefficient (Wildman–Crippen LogP) is 0.931. The van der Waals surface area contributed by atoms with Gasteiger partial charge in [-0.05, 0) is 25.5 Å². The van der Waals surface area contributed by atoms with Crippen molar-refractivity contribution in [1.29, 1.82) is 0 Å². The topological polar surface area (TPSA) is 56.4 Å². The third-order valence-electron chi connectivity index (χ3n) is 3.87. The molecule has 1 aliphatic rings. The summed E-state index contributed by atoms with van der Waals surface area (Å²) in [5.74, 6) is -0.104.